The summed E-state index contributed by atoms with van der Waals surface area (Å²) in [4.78, 5) is 25.8. The highest BCUT2D eigenvalue weighted by atomic mass is 16.2. The van der Waals surface area contributed by atoms with Crippen LogP contribution in [0.4, 0.5) is 5.69 Å². The summed E-state index contributed by atoms with van der Waals surface area (Å²) in [6.45, 7) is 0. The molecule has 1 aliphatic heterocycles. The lowest BCUT2D eigenvalue weighted by atomic mass is 9.91. The van der Waals surface area contributed by atoms with E-state index in [1.807, 2.05) is 42.5 Å². The van der Waals surface area contributed by atoms with E-state index in [2.05, 4.69) is 0 Å². The fourth-order valence-electron chi connectivity index (χ4n) is 2.71. The van der Waals surface area contributed by atoms with Crippen molar-refractivity contribution in [2.45, 2.75) is 5.92 Å². The molecule has 1 atom stereocenters. The van der Waals surface area contributed by atoms with Gasteiger partial charge < -0.3 is 10.6 Å². The lowest BCUT2D eigenvalue weighted by Gasteiger charge is -2.20. The molecular formula is C16H14N2O2. The molecule has 0 spiro atoms. The molecule has 1 unspecified atom stereocenters. The van der Waals surface area contributed by atoms with Crippen molar-refractivity contribution in [3.8, 4) is 11.1 Å². The fourth-order valence-corrected chi connectivity index (χ4v) is 2.71. The first-order valence-electron chi connectivity index (χ1n) is 6.36. The van der Waals surface area contributed by atoms with Crippen LogP contribution in [0.5, 0.6) is 0 Å². The van der Waals surface area contributed by atoms with Gasteiger partial charge in [0, 0.05) is 12.6 Å². The van der Waals surface area contributed by atoms with Gasteiger partial charge in [0.2, 0.25) is 11.8 Å². The summed E-state index contributed by atoms with van der Waals surface area (Å²) in [6, 6.07) is 15.0. The lowest BCUT2D eigenvalue weighted by Crippen LogP contribution is -2.37. The van der Waals surface area contributed by atoms with Crippen LogP contribution in [0.25, 0.3) is 11.1 Å². The molecule has 4 nitrogen and oxygen atoms in total. The summed E-state index contributed by atoms with van der Waals surface area (Å²) in [5.41, 5.74) is 8.72. The van der Waals surface area contributed by atoms with Crippen LogP contribution in [0.15, 0.2) is 48.5 Å². The number of nitrogens with two attached hydrogens (primary N) is 1. The molecule has 3 rings (SSSR count). The Morgan fingerprint density at radius 2 is 1.65 bits per heavy atom. The molecule has 2 aromatic rings. The first kappa shape index (κ1) is 12.4. The summed E-state index contributed by atoms with van der Waals surface area (Å²) in [5.74, 6) is -1.86. The number of nitrogens with zero attached hydrogens (tertiary/aromatic N) is 1. The molecular weight excluding hydrogens is 252 g/mol. The van der Waals surface area contributed by atoms with Crippen LogP contribution < -0.4 is 10.6 Å². The van der Waals surface area contributed by atoms with Gasteiger partial charge in [0.25, 0.3) is 0 Å². The van der Waals surface area contributed by atoms with Gasteiger partial charge in [-0.25, -0.2) is 0 Å². The van der Waals surface area contributed by atoms with Crippen LogP contribution in [-0.2, 0) is 9.59 Å². The van der Waals surface area contributed by atoms with E-state index in [-0.39, 0.29) is 5.91 Å². The van der Waals surface area contributed by atoms with E-state index in [1.54, 1.807) is 13.1 Å². The molecule has 0 saturated heterocycles. The Kier molecular flexibility index (Phi) is 2.79. The van der Waals surface area contributed by atoms with Crippen molar-refractivity contribution in [3.63, 3.8) is 0 Å². The second-order valence-electron chi connectivity index (χ2n) is 4.84. The topological polar surface area (TPSA) is 63.4 Å². The smallest absolute Gasteiger partial charge is 0.243 e. The standard InChI is InChI=1S/C16H14N2O2/c1-18-13-9-5-4-7-11(13)10-6-2-3-8-12(10)14(15(17)19)16(18)20/h2-9,14H,1H3,(H2,17,19). The lowest BCUT2D eigenvalue weighted by molar-refractivity contribution is -0.128. The van der Waals surface area contributed by atoms with Gasteiger partial charge in [-0.05, 0) is 17.2 Å². The number of amides is 2. The first-order chi connectivity index (χ1) is 9.61. The number of fused-ring (bicyclic) bond motifs is 3. The summed E-state index contributed by atoms with van der Waals surface area (Å²) in [7, 11) is 1.67. The minimum atomic E-state index is -0.941. The Balaban J connectivity index is 2.36. The Labute approximate surface area is 116 Å². The Morgan fingerprint density at radius 1 is 1.05 bits per heavy atom. The number of rotatable bonds is 1. The molecule has 2 N–H and O–H groups in total. The second kappa shape index (κ2) is 4.49. The molecule has 0 fully saturated rings. The number of hydrogen-bond acceptors (Lipinski definition) is 2. The molecule has 0 bridgehead atoms. The number of likely N-dealkylation sites (N-methyl/N-ethyl adjacent to an activating group) is 1. The number of carbonyl (C=O) groups excluding carboxylic acids is 2. The Hall–Kier alpha value is -2.62. The van der Waals surface area contributed by atoms with E-state index in [4.69, 9.17) is 5.73 Å². The van der Waals surface area contributed by atoms with E-state index in [0.29, 0.717) is 5.56 Å². The van der Waals surface area contributed by atoms with Crippen molar-refractivity contribution in [1.82, 2.24) is 0 Å². The molecule has 0 aliphatic carbocycles. The summed E-state index contributed by atoms with van der Waals surface area (Å²) >= 11 is 0. The highest BCUT2D eigenvalue weighted by Crippen LogP contribution is 2.39. The van der Waals surface area contributed by atoms with Crippen molar-refractivity contribution in [2.24, 2.45) is 5.73 Å². The Bertz CT molecular complexity index is 709. The first-order valence-corrected chi connectivity index (χ1v) is 6.36. The highest BCUT2D eigenvalue weighted by molar-refractivity contribution is 6.15. The van der Waals surface area contributed by atoms with Crippen LogP contribution in [0.1, 0.15) is 11.5 Å². The normalized spacial score (nSPS) is 17.1. The summed E-state index contributed by atoms with van der Waals surface area (Å²) in [5, 5.41) is 0. The molecule has 20 heavy (non-hydrogen) atoms. The zero-order chi connectivity index (χ0) is 14.3. The van der Waals surface area contributed by atoms with Crippen molar-refractivity contribution in [3.05, 3.63) is 54.1 Å². The number of para-hydroxylation sites is 1. The maximum absolute atomic E-state index is 12.5. The Morgan fingerprint density at radius 3 is 2.35 bits per heavy atom. The van der Waals surface area contributed by atoms with Crippen LogP contribution in [0, 0.1) is 0 Å². The third-order valence-electron chi connectivity index (χ3n) is 3.69. The third kappa shape index (κ3) is 1.69. The van der Waals surface area contributed by atoms with Crippen molar-refractivity contribution < 1.29 is 9.59 Å². The average molecular weight is 266 g/mol. The van der Waals surface area contributed by atoms with Crippen LogP contribution in [0.3, 0.4) is 0 Å². The molecule has 0 aromatic heterocycles. The molecule has 0 radical (unpaired) electrons. The number of hydrogen-bond donors (Lipinski definition) is 1. The maximum Gasteiger partial charge on any atom is 0.243 e. The number of carbonyl (C=O) groups is 2. The minimum absolute atomic E-state index is 0.296. The number of benzene rings is 2. The SMILES string of the molecule is CN1C(=O)C(C(N)=O)c2ccccc2-c2ccccc21. The summed E-state index contributed by atoms with van der Waals surface area (Å²) in [6.07, 6.45) is 0. The zero-order valence-electron chi connectivity index (χ0n) is 11.0. The van der Waals surface area contributed by atoms with Crippen molar-refractivity contribution >= 4 is 17.5 Å². The predicted octanol–water partition coefficient (Wildman–Crippen LogP) is 1.90. The van der Waals surface area contributed by atoms with E-state index < -0.39 is 11.8 Å². The largest absolute Gasteiger partial charge is 0.369 e. The van der Waals surface area contributed by atoms with E-state index in [0.717, 1.165) is 16.8 Å². The number of anilines is 1. The predicted molar refractivity (Wildman–Crippen MR) is 77.2 cm³/mol. The van der Waals surface area contributed by atoms with Crippen LogP contribution in [-0.4, -0.2) is 18.9 Å². The molecule has 4 heteroatoms. The van der Waals surface area contributed by atoms with Gasteiger partial charge in [0.05, 0.1) is 5.69 Å². The van der Waals surface area contributed by atoms with Crippen molar-refractivity contribution in [2.75, 3.05) is 11.9 Å². The number of primary amides is 1. The quantitative estimate of drug-likeness (QED) is 0.801. The molecule has 1 heterocycles. The van der Waals surface area contributed by atoms with Gasteiger partial charge in [0.1, 0.15) is 5.92 Å². The summed E-state index contributed by atoms with van der Waals surface area (Å²) < 4.78 is 0. The molecule has 2 aromatic carbocycles. The van der Waals surface area contributed by atoms with E-state index in [1.165, 1.54) is 4.90 Å². The van der Waals surface area contributed by atoms with Gasteiger partial charge in [0.15, 0.2) is 0 Å². The van der Waals surface area contributed by atoms with Gasteiger partial charge in [-0.1, -0.05) is 42.5 Å². The second-order valence-corrected chi connectivity index (χ2v) is 4.84. The molecule has 0 saturated carbocycles. The highest BCUT2D eigenvalue weighted by Gasteiger charge is 2.35. The third-order valence-corrected chi connectivity index (χ3v) is 3.69. The van der Waals surface area contributed by atoms with Gasteiger partial charge in [-0.2, -0.15) is 0 Å². The van der Waals surface area contributed by atoms with Gasteiger partial charge >= 0.3 is 0 Å². The van der Waals surface area contributed by atoms with Gasteiger partial charge in [-0.3, -0.25) is 9.59 Å². The maximum atomic E-state index is 12.5. The molecule has 100 valence electrons. The van der Waals surface area contributed by atoms with Gasteiger partial charge in [-0.15, -0.1) is 0 Å². The van der Waals surface area contributed by atoms with E-state index in [9.17, 15) is 9.59 Å². The molecule has 1 aliphatic rings. The van der Waals surface area contributed by atoms with Crippen LogP contribution >= 0.6 is 0 Å². The minimum Gasteiger partial charge on any atom is -0.369 e. The molecule has 2 amide bonds. The average Bonchev–Trinajstić information content (AvgIpc) is 2.55. The fraction of sp³-hybridized carbons (Fsp3) is 0.125. The van der Waals surface area contributed by atoms with Crippen LogP contribution in [0.2, 0.25) is 0 Å². The van der Waals surface area contributed by atoms with Crippen molar-refractivity contribution in [1.29, 1.82) is 0 Å². The van der Waals surface area contributed by atoms with E-state index >= 15 is 0 Å². The monoisotopic (exact) mass is 266 g/mol. The zero-order valence-corrected chi connectivity index (χ0v) is 11.0.